The molecule has 0 amide bonds. The maximum absolute atomic E-state index is 13.4. The average Bonchev–Trinajstić information content (AvgIpc) is 2.71. The number of halogens is 2. The molecule has 7 heteroatoms. The molecule has 0 atom stereocenters. The van der Waals surface area contributed by atoms with Crippen LogP contribution < -0.4 is 4.72 Å². The van der Waals surface area contributed by atoms with Gasteiger partial charge in [-0.2, -0.15) is 0 Å². The quantitative estimate of drug-likeness (QED) is 0.881. The normalized spacial score (nSPS) is 11.8. The number of sulfonamides is 1. The number of thiophene rings is 1. The molecule has 0 aliphatic carbocycles. The van der Waals surface area contributed by atoms with Gasteiger partial charge in [0.1, 0.15) is 5.82 Å². The fraction of sp³-hybridized carbons (Fsp3) is 0.231. The molecule has 0 fully saturated rings. The maximum atomic E-state index is 13.4. The zero-order valence-corrected chi connectivity index (χ0v) is 14.1. The van der Waals surface area contributed by atoms with Gasteiger partial charge >= 0.3 is 0 Å². The van der Waals surface area contributed by atoms with Crippen LogP contribution >= 0.6 is 27.3 Å². The van der Waals surface area contributed by atoms with Crippen molar-refractivity contribution in [2.45, 2.75) is 25.3 Å². The number of benzene rings is 1. The second-order valence-electron chi connectivity index (χ2n) is 4.38. The van der Waals surface area contributed by atoms with E-state index in [1.54, 1.807) is 32.0 Å². The summed E-state index contributed by atoms with van der Waals surface area (Å²) < 4.78 is 41.0. The summed E-state index contributed by atoms with van der Waals surface area (Å²) in [6, 6.07) is 6.25. The molecule has 0 unspecified atom stereocenters. The lowest BCUT2D eigenvalue weighted by Crippen LogP contribution is -2.23. The lowest BCUT2D eigenvalue weighted by atomic mass is 10.1. The third-order valence-electron chi connectivity index (χ3n) is 2.83. The highest BCUT2D eigenvalue weighted by molar-refractivity contribution is 9.11. The fourth-order valence-electron chi connectivity index (χ4n) is 1.70. The molecule has 0 saturated carbocycles. The van der Waals surface area contributed by atoms with Gasteiger partial charge in [-0.15, -0.1) is 11.3 Å². The second-order valence-corrected chi connectivity index (χ2v) is 8.75. The van der Waals surface area contributed by atoms with Gasteiger partial charge in [0.2, 0.25) is 10.0 Å². The molecule has 1 heterocycles. The molecule has 1 N–H and O–H groups in total. The molecule has 108 valence electrons. The molecule has 2 rings (SSSR count). The van der Waals surface area contributed by atoms with Gasteiger partial charge in [-0.1, -0.05) is 12.1 Å². The summed E-state index contributed by atoms with van der Waals surface area (Å²) >= 11 is 4.63. The van der Waals surface area contributed by atoms with E-state index in [0.717, 1.165) is 3.79 Å². The van der Waals surface area contributed by atoms with Gasteiger partial charge in [0.25, 0.3) is 0 Å². The van der Waals surface area contributed by atoms with Gasteiger partial charge < -0.3 is 0 Å². The van der Waals surface area contributed by atoms with Crippen molar-refractivity contribution in [3.05, 3.63) is 49.9 Å². The number of nitrogens with one attached hydrogen (secondary N) is 1. The van der Waals surface area contributed by atoms with Gasteiger partial charge in [-0.3, -0.25) is 0 Å². The molecule has 0 radical (unpaired) electrons. The summed E-state index contributed by atoms with van der Waals surface area (Å²) in [7, 11) is -3.58. The first-order chi connectivity index (χ1) is 9.29. The van der Waals surface area contributed by atoms with Crippen LogP contribution in [0.25, 0.3) is 0 Å². The maximum Gasteiger partial charge on any atom is 0.242 e. The van der Waals surface area contributed by atoms with Crippen molar-refractivity contribution in [1.29, 1.82) is 0 Å². The third-order valence-corrected chi connectivity index (χ3v) is 6.04. The zero-order chi connectivity index (χ0) is 14.9. The van der Waals surface area contributed by atoms with Gasteiger partial charge in [0.15, 0.2) is 0 Å². The van der Waals surface area contributed by atoms with Crippen LogP contribution in [0.1, 0.15) is 16.0 Å². The van der Waals surface area contributed by atoms with E-state index in [0.29, 0.717) is 16.0 Å². The molecule has 2 aromatic rings. The van der Waals surface area contributed by atoms with Crippen molar-refractivity contribution >= 4 is 37.3 Å². The van der Waals surface area contributed by atoms with Crippen LogP contribution in [0.15, 0.2) is 32.9 Å². The van der Waals surface area contributed by atoms with Gasteiger partial charge in [-0.05, 0) is 53.0 Å². The lowest BCUT2D eigenvalue weighted by Gasteiger charge is -2.07. The van der Waals surface area contributed by atoms with Gasteiger partial charge in [0.05, 0.1) is 8.68 Å². The van der Waals surface area contributed by atoms with Crippen molar-refractivity contribution in [1.82, 2.24) is 4.72 Å². The van der Waals surface area contributed by atoms with E-state index < -0.39 is 10.0 Å². The van der Waals surface area contributed by atoms with Crippen LogP contribution in [-0.4, -0.2) is 8.42 Å². The Kier molecular flexibility index (Phi) is 4.63. The van der Waals surface area contributed by atoms with E-state index >= 15 is 0 Å². The third kappa shape index (κ3) is 3.46. The summed E-state index contributed by atoms with van der Waals surface area (Å²) in [6.45, 7) is 3.47. The molecule has 0 spiro atoms. The first kappa shape index (κ1) is 15.6. The van der Waals surface area contributed by atoms with E-state index in [4.69, 9.17) is 0 Å². The van der Waals surface area contributed by atoms with Crippen LogP contribution in [0.4, 0.5) is 4.39 Å². The van der Waals surface area contributed by atoms with E-state index in [1.807, 2.05) is 0 Å². The highest BCUT2D eigenvalue weighted by Crippen LogP contribution is 2.29. The Morgan fingerprint density at radius 2 is 2.00 bits per heavy atom. The Morgan fingerprint density at radius 1 is 1.30 bits per heavy atom. The average molecular weight is 378 g/mol. The Bertz CT molecular complexity index is 741. The summed E-state index contributed by atoms with van der Waals surface area (Å²) in [5, 5.41) is 0. The Hall–Kier alpha value is -0.760. The number of hydrogen-bond acceptors (Lipinski definition) is 3. The molecular formula is C13H13BrFNO2S2. The molecule has 1 aromatic carbocycles. The van der Waals surface area contributed by atoms with Crippen LogP contribution in [0.3, 0.4) is 0 Å². The van der Waals surface area contributed by atoms with Crippen molar-refractivity contribution < 1.29 is 12.8 Å². The predicted octanol–water partition coefficient (Wildman–Crippen LogP) is 3.75. The van der Waals surface area contributed by atoms with Crippen LogP contribution in [0.5, 0.6) is 0 Å². The molecular weight excluding hydrogens is 365 g/mol. The van der Waals surface area contributed by atoms with E-state index in [1.165, 1.54) is 17.4 Å². The van der Waals surface area contributed by atoms with Crippen LogP contribution in [-0.2, 0) is 16.6 Å². The molecule has 0 aliphatic rings. The SMILES string of the molecule is Cc1ccc(CNS(=O)(=O)c2cc(Br)sc2C)cc1F. The fourth-order valence-corrected chi connectivity index (χ4v) is 5.13. The number of rotatable bonds is 4. The summed E-state index contributed by atoms with van der Waals surface area (Å²) in [5.74, 6) is -0.337. The Morgan fingerprint density at radius 3 is 2.55 bits per heavy atom. The predicted molar refractivity (Wildman–Crippen MR) is 81.9 cm³/mol. The van der Waals surface area contributed by atoms with E-state index in [2.05, 4.69) is 20.7 Å². The van der Waals surface area contributed by atoms with Crippen molar-refractivity contribution in [2.24, 2.45) is 0 Å². The first-order valence-electron chi connectivity index (χ1n) is 5.80. The first-order valence-corrected chi connectivity index (χ1v) is 8.89. The second kappa shape index (κ2) is 5.93. The lowest BCUT2D eigenvalue weighted by molar-refractivity contribution is 0.580. The number of hydrogen-bond donors (Lipinski definition) is 1. The monoisotopic (exact) mass is 377 g/mol. The highest BCUT2D eigenvalue weighted by atomic mass is 79.9. The summed E-state index contributed by atoms with van der Waals surface area (Å²) in [6.07, 6.45) is 0. The van der Waals surface area contributed by atoms with Gasteiger partial charge in [0, 0.05) is 11.4 Å². The molecule has 0 aliphatic heterocycles. The smallest absolute Gasteiger partial charge is 0.207 e. The largest absolute Gasteiger partial charge is 0.242 e. The molecule has 1 aromatic heterocycles. The van der Waals surface area contributed by atoms with E-state index in [9.17, 15) is 12.8 Å². The highest BCUT2D eigenvalue weighted by Gasteiger charge is 2.19. The summed E-state index contributed by atoms with van der Waals surface area (Å²) in [4.78, 5) is 0.960. The molecule has 20 heavy (non-hydrogen) atoms. The topological polar surface area (TPSA) is 46.2 Å². The van der Waals surface area contributed by atoms with Crippen LogP contribution in [0.2, 0.25) is 0 Å². The van der Waals surface area contributed by atoms with Crippen molar-refractivity contribution in [3.63, 3.8) is 0 Å². The molecule has 0 bridgehead atoms. The van der Waals surface area contributed by atoms with Crippen molar-refractivity contribution in [2.75, 3.05) is 0 Å². The standard InChI is InChI=1S/C13H13BrFNO2S2/c1-8-3-4-10(5-11(8)15)7-16-20(17,18)12-6-13(14)19-9(12)2/h3-6,16H,7H2,1-2H3. The molecule has 3 nitrogen and oxygen atoms in total. The summed E-state index contributed by atoms with van der Waals surface area (Å²) in [5.41, 5.74) is 1.12. The Labute approximate surface area is 130 Å². The number of aryl methyl sites for hydroxylation is 2. The molecule has 0 saturated heterocycles. The Balaban J connectivity index is 2.17. The minimum Gasteiger partial charge on any atom is -0.207 e. The minimum atomic E-state index is -3.58. The van der Waals surface area contributed by atoms with Gasteiger partial charge in [-0.25, -0.2) is 17.5 Å². The minimum absolute atomic E-state index is 0.0619. The van der Waals surface area contributed by atoms with Crippen LogP contribution in [0, 0.1) is 19.7 Å². The zero-order valence-electron chi connectivity index (χ0n) is 10.9. The van der Waals surface area contributed by atoms with Crippen molar-refractivity contribution in [3.8, 4) is 0 Å². The van der Waals surface area contributed by atoms with E-state index in [-0.39, 0.29) is 17.3 Å².